The first-order valence-corrected chi connectivity index (χ1v) is 6.18. The van der Waals surface area contributed by atoms with Gasteiger partial charge in [0.05, 0.1) is 6.54 Å². The third-order valence-corrected chi connectivity index (χ3v) is 3.08. The third-order valence-electron chi connectivity index (χ3n) is 3.08. The highest BCUT2D eigenvalue weighted by Gasteiger charge is 2.13. The van der Waals surface area contributed by atoms with E-state index in [2.05, 4.69) is 24.5 Å². The minimum atomic E-state index is 0.0330. The lowest BCUT2D eigenvalue weighted by molar-refractivity contribution is -0.121. The number of amides is 1. The minimum absolute atomic E-state index is 0.0330. The van der Waals surface area contributed by atoms with Gasteiger partial charge >= 0.3 is 0 Å². The molecule has 0 aromatic carbocycles. The SMILES string of the molecule is CCC(CC)NC(=O)CNC(C)C(C)CO. The van der Waals surface area contributed by atoms with Crippen molar-refractivity contribution in [3.05, 3.63) is 0 Å². The van der Waals surface area contributed by atoms with Gasteiger partial charge in [0.25, 0.3) is 0 Å². The molecule has 4 nitrogen and oxygen atoms in total. The molecular formula is C12H26N2O2. The van der Waals surface area contributed by atoms with Crippen LogP contribution in [0.1, 0.15) is 40.5 Å². The van der Waals surface area contributed by atoms with Gasteiger partial charge in [0.15, 0.2) is 0 Å². The average molecular weight is 230 g/mol. The summed E-state index contributed by atoms with van der Waals surface area (Å²) < 4.78 is 0. The lowest BCUT2D eigenvalue weighted by Crippen LogP contribution is -2.44. The zero-order valence-corrected chi connectivity index (χ0v) is 10.9. The van der Waals surface area contributed by atoms with Gasteiger partial charge in [-0.25, -0.2) is 0 Å². The van der Waals surface area contributed by atoms with Gasteiger partial charge in [-0.3, -0.25) is 4.79 Å². The monoisotopic (exact) mass is 230 g/mol. The molecule has 0 fully saturated rings. The van der Waals surface area contributed by atoms with Gasteiger partial charge in [-0.1, -0.05) is 20.8 Å². The van der Waals surface area contributed by atoms with Gasteiger partial charge in [-0.15, -0.1) is 0 Å². The Hall–Kier alpha value is -0.610. The van der Waals surface area contributed by atoms with Gasteiger partial charge in [0.2, 0.25) is 5.91 Å². The van der Waals surface area contributed by atoms with E-state index in [0.29, 0.717) is 6.54 Å². The largest absolute Gasteiger partial charge is 0.396 e. The van der Waals surface area contributed by atoms with Crippen molar-refractivity contribution in [2.24, 2.45) is 5.92 Å². The number of hydrogen-bond acceptors (Lipinski definition) is 3. The minimum Gasteiger partial charge on any atom is -0.396 e. The Morgan fingerprint density at radius 3 is 2.25 bits per heavy atom. The first-order valence-electron chi connectivity index (χ1n) is 6.18. The molecule has 4 heteroatoms. The number of carbonyl (C=O) groups excluding carboxylic acids is 1. The van der Waals surface area contributed by atoms with Crippen molar-refractivity contribution in [2.45, 2.75) is 52.6 Å². The van der Waals surface area contributed by atoms with Crippen LogP contribution in [0.25, 0.3) is 0 Å². The maximum Gasteiger partial charge on any atom is 0.234 e. The Morgan fingerprint density at radius 2 is 1.81 bits per heavy atom. The van der Waals surface area contributed by atoms with E-state index >= 15 is 0 Å². The summed E-state index contributed by atoms with van der Waals surface area (Å²) in [5, 5.41) is 15.0. The van der Waals surface area contributed by atoms with Crippen LogP contribution < -0.4 is 10.6 Å². The van der Waals surface area contributed by atoms with Crippen LogP contribution in [-0.4, -0.2) is 36.2 Å². The predicted molar refractivity (Wildman–Crippen MR) is 66.2 cm³/mol. The average Bonchev–Trinajstić information content (AvgIpc) is 2.31. The van der Waals surface area contributed by atoms with Crippen LogP contribution in [0.2, 0.25) is 0 Å². The fourth-order valence-corrected chi connectivity index (χ4v) is 1.38. The van der Waals surface area contributed by atoms with Crippen LogP contribution >= 0.6 is 0 Å². The molecule has 0 rings (SSSR count). The summed E-state index contributed by atoms with van der Waals surface area (Å²) in [5.74, 6) is 0.201. The molecule has 0 spiro atoms. The molecule has 0 bridgehead atoms. The second kappa shape index (κ2) is 8.53. The summed E-state index contributed by atoms with van der Waals surface area (Å²) in [6.45, 7) is 8.53. The molecule has 2 atom stereocenters. The summed E-state index contributed by atoms with van der Waals surface area (Å²) in [5.41, 5.74) is 0. The number of aliphatic hydroxyl groups is 1. The summed E-state index contributed by atoms with van der Waals surface area (Å²) in [7, 11) is 0. The van der Waals surface area contributed by atoms with Gasteiger partial charge in [-0.2, -0.15) is 0 Å². The Bertz CT molecular complexity index is 193. The molecule has 0 heterocycles. The Balaban J connectivity index is 3.80. The summed E-state index contributed by atoms with van der Waals surface area (Å²) in [6.07, 6.45) is 1.93. The maximum absolute atomic E-state index is 11.6. The van der Waals surface area contributed by atoms with E-state index in [-0.39, 0.29) is 30.5 Å². The number of rotatable bonds is 8. The van der Waals surface area contributed by atoms with Crippen molar-refractivity contribution >= 4 is 5.91 Å². The molecule has 1 amide bonds. The lowest BCUT2D eigenvalue weighted by atomic mass is 10.1. The van der Waals surface area contributed by atoms with Gasteiger partial charge in [-0.05, 0) is 25.7 Å². The van der Waals surface area contributed by atoms with Crippen LogP contribution in [0, 0.1) is 5.92 Å². The summed E-state index contributed by atoms with van der Waals surface area (Å²) in [6, 6.07) is 0.428. The molecule has 0 saturated carbocycles. The van der Waals surface area contributed by atoms with Crippen molar-refractivity contribution in [3.8, 4) is 0 Å². The highest BCUT2D eigenvalue weighted by molar-refractivity contribution is 5.78. The number of aliphatic hydroxyl groups excluding tert-OH is 1. The smallest absolute Gasteiger partial charge is 0.234 e. The fourth-order valence-electron chi connectivity index (χ4n) is 1.38. The van der Waals surface area contributed by atoms with Gasteiger partial charge < -0.3 is 15.7 Å². The van der Waals surface area contributed by atoms with Crippen molar-refractivity contribution in [2.75, 3.05) is 13.2 Å². The topological polar surface area (TPSA) is 61.4 Å². The fraction of sp³-hybridized carbons (Fsp3) is 0.917. The van der Waals surface area contributed by atoms with Crippen molar-refractivity contribution in [3.63, 3.8) is 0 Å². The van der Waals surface area contributed by atoms with Crippen LogP contribution in [0.3, 0.4) is 0 Å². The van der Waals surface area contributed by atoms with Crippen LogP contribution in [-0.2, 0) is 4.79 Å². The van der Waals surface area contributed by atoms with Crippen LogP contribution in [0.5, 0.6) is 0 Å². The first kappa shape index (κ1) is 15.4. The molecule has 0 saturated heterocycles. The van der Waals surface area contributed by atoms with E-state index in [1.165, 1.54) is 0 Å². The normalized spacial score (nSPS) is 14.9. The quantitative estimate of drug-likeness (QED) is 0.580. The Kier molecular flexibility index (Phi) is 8.21. The highest BCUT2D eigenvalue weighted by atomic mass is 16.3. The van der Waals surface area contributed by atoms with E-state index in [0.717, 1.165) is 12.8 Å². The van der Waals surface area contributed by atoms with E-state index in [4.69, 9.17) is 5.11 Å². The standard InChI is InChI=1S/C12H26N2O2/c1-5-11(6-2)14-12(16)7-13-10(4)9(3)8-15/h9-11,13,15H,5-8H2,1-4H3,(H,14,16). The predicted octanol–water partition coefficient (Wildman–Crippen LogP) is 0.898. The van der Waals surface area contributed by atoms with Crippen LogP contribution in [0.4, 0.5) is 0 Å². The van der Waals surface area contributed by atoms with Crippen molar-refractivity contribution in [1.29, 1.82) is 0 Å². The Labute approximate surface area is 98.8 Å². The third kappa shape index (κ3) is 6.08. The molecule has 0 aliphatic carbocycles. The molecule has 2 unspecified atom stereocenters. The molecule has 16 heavy (non-hydrogen) atoms. The molecule has 0 aromatic rings. The number of nitrogens with one attached hydrogen (secondary N) is 2. The Morgan fingerprint density at radius 1 is 1.25 bits per heavy atom. The molecule has 0 aromatic heterocycles. The van der Waals surface area contributed by atoms with Gasteiger partial charge in [0.1, 0.15) is 0 Å². The number of hydrogen-bond donors (Lipinski definition) is 3. The summed E-state index contributed by atoms with van der Waals surface area (Å²) >= 11 is 0. The molecule has 0 aliphatic heterocycles. The zero-order valence-electron chi connectivity index (χ0n) is 10.9. The molecule has 3 N–H and O–H groups in total. The second-order valence-corrected chi connectivity index (χ2v) is 4.41. The van der Waals surface area contributed by atoms with E-state index in [9.17, 15) is 4.79 Å². The molecular weight excluding hydrogens is 204 g/mol. The van der Waals surface area contributed by atoms with E-state index in [1.807, 2.05) is 13.8 Å². The molecule has 96 valence electrons. The van der Waals surface area contributed by atoms with Crippen molar-refractivity contribution in [1.82, 2.24) is 10.6 Å². The van der Waals surface area contributed by atoms with E-state index in [1.54, 1.807) is 0 Å². The second-order valence-electron chi connectivity index (χ2n) is 4.41. The molecule has 0 radical (unpaired) electrons. The van der Waals surface area contributed by atoms with Crippen molar-refractivity contribution < 1.29 is 9.90 Å². The van der Waals surface area contributed by atoms with E-state index < -0.39 is 0 Å². The number of carbonyl (C=O) groups is 1. The maximum atomic E-state index is 11.6. The first-order chi connectivity index (χ1) is 7.54. The summed E-state index contributed by atoms with van der Waals surface area (Å²) in [4.78, 5) is 11.6. The lowest BCUT2D eigenvalue weighted by Gasteiger charge is -2.20. The molecule has 0 aliphatic rings. The highest BCUT2D eigenvalue weighted by Crippen LogP contribution is 2.00. The zero-order chi connectivity index (χ0) is 12.6. The van der Waals surface area contributed by atoms with Gasteiger partial charge in [0, 0.05) is 18.7 Å². The van der Waals surface area contributed by atoms with Crippen LogP contribution in [0.15, 0.2) is 0 Å².